The maximum Gasteiger partial charge on any atom is 0.103 e. The molecule has 5 heteroatoms. The van der Waals surface area contributed by atoms with Crippen LogP contribution in [0.4, 0.5) is 11.4 Å². The molecule has 0 saturated carbocycles. The lowest BCUT2D eigenvalue weighted by Gasteiger charge is -2.08. The van der Waals surface area contributed by atoms with E-state index >= 15 is 0 Å². The van der Waals surface area contributed by atoms with Gasteiger partial charge in [-0.2, -0.15) is 0 Å². The van der Waals surface area contributed by atoms with E-state index in [0.29, 0.717) is 4.99 Å². The standard InChI is InChI=1S/C13H10BrIN2S/c14-11-6-5-10(7-12(11)15)17-9-3-1-8(2-4-9)13(16)18/h1-7,17H,(H2,16,18). The third-order valence-corrected chi connectivity index (χ3v) is 4.94. The highest BCUT2D eigenvalue weighted by atomic mass is 127. The molecule has 0 atom stereocenters. The predicted octanol–water partition coefficient (Wildman–Crippen LogP) is 4.43. The summed E-state index contributed by atoms with van der Waals surface area (Å²) in [7, 11) is 0. The van der Waals surface area contributed by atoms with Crippen molar-refractivity contribution in [3.8, 4) is 0 Å². The number of halogens is 2. The summed E-state index contributed by atoms with van der Waals surface area (Å²) in [5.41, 5.74) is 8.49. The molecular weight excluding hydrogens is 423 g/mol. The van der Waals surface area contributed by atoms with E-state index in [2.05, 4.69) is 49.9 Å². The van der Waals surface area contributed by atoms with E-state index in [1.54, 1.807) is 0 Å². The molecule has 0 saturated heterocycles. The topological polar surface area (TPSA) is 38.0 Å². The van der Waals surface area contributed by atoms with Gasteiger partial charge in [0.1, 0.15) is 4.99 Å². The fourth-order valence-corrected chi connectivity index (χ4v) is 2.36. The predicted molar refractivity (Wildman–Crippen MR) is 92.5 cm³/mol. The Morgan fingerprint density at radius 2 is 1.72 bits per heavy atom. The number of anilines is 2. The average Bonchev–Trinajstić information content (AvgIpc) is 2.34. The van der Waals surface area contributed by atoms with Gasteiger partial charge in [-0.25, -0.2) is 0 Å². The summed E-state index contributed by atoms with van der Waals surface area (Å²) in [5, 5.41) is 3.33. The molecule has 18 heavy (non-hydrogen) atoms. The van der Waals surface area contributed by atoms with Gasteiger partial charge in [0.05, 0.1) is 0 Å². The molecule has 0 radical (unpaired) electrons. The van der Waals surface area contributed by atoms with Gasteiger partial charge in [-0.05, 0) is 81.0 Å². The Morgan fingerprint density at radius 1 is 1.11 bits per heavy atom. The number of nitrogens with one attached hydrogen (secondary N) is 1. The number of hydrogen-bond donors (Lipinski definition) is 2. The Labute approximate surface area is 133 Å². The number of thiocarbonyl (C=S) groups is 1. The van der Waals surface area contributed by atoms with Gasteiger partial charge in [-0.15, -0.1) is 0 Å². The van der Waals surface area contributed by atoms with Gasteiger partial charge in [0, 0.05) is 25.0 Å². The lowest BCUT2D eigenvalue weighted by atomic mass is 10.2. The molecule has 0 aliphatic heterocycles. The van der Waals surface area contributed by atoms with Crippen molar-refractivity contribution in [3.05, 3.63) is 56.1 Å². The first-order valence-corrected chi connectivity index (χ1v) is 7.46. The zero-order valence-electron chi connectivity index (χ0n) is 9.28. The minimum Gasteiger partial charge on any atom is -0.389 e. The lowest BCUT2D eigenvalue weighted by Crippen LogP contribution is -2.08. The van der Waals surface area contributed by atoms with Gasteiger partial charge in [0.2, 0.25) is 0 Å². The van der Waals surface area contributed by atoms with E-state index in [4.69, 9.17) is 18.0 Å². The maximum absolute atomic E-state index is 5.56. The lowest BCUT2D eigenvalue weighted by molar-refractivity contribution is 1.50. The van der Waals surface area contributed by atoms with Gasteiger partial charge in [0.25, 0.3) is 0 Å². The van der Waals surface area contributed by atoms with Crippen molar-refractivity contribution in [3.63, 3.8) is 0 Å². The minimum atomic E-state index is 0.416. The normalized spacial score (nSPS) is 10.1. The Bertz CT molecular complexity index is 584. The fourth-order valence-electron chi connectivity index (χ4n) is 1.46. The quantitative estimate of drug-likeness (QED) is 0.556. The van der Waals surface area contributed by atoms with Crippen molar-refractivity contribution in [1.29, 1.82) is 0 Å². The summed E-state index contributed by atoms with van der Waals surface area (Å²) in [6.07, 6.45) is 0. The van der Waals surface area contributed by atoms with Crippen molar-refractivity contribution < 1.29 is 0 Å². The smallest absolute Gasteiger partial charge is 0.103 e. The number of benzene rings is 2. The molecule has 0 aromatic heterocycles. The summed E-state index contributed by atoms with van der Waals surface area (Å²) < 4.78 is 2.26. The second kappa shape index (κ2) is 5.99. The molecule has 2 rings (SSSR count). The van der Waals surface area contributed by atoms with E-state index in [1.165, 1.54) is 0 Å². The van der Waals surface area contributed by atoms with Crippen LogP contribution in [0.1, 0.15) is 5.56 Å². The van der Waals surface area contributed by atoms with Crippen LogP contribution in [0.3, 0.4) is 0 Å². The van der Waals surface area contributed by atoms with Crippen molar-refractivity contribution in [2.75, 3.05) is 5.32 Å². The first kappa shape index (κ1) is 13.8. The van der Waals surface area contributed by atoms with Gasteiger partial charge in [0.15, 0.2) is 0 Å². The summed E-state index contributed by atoms with van der Waals surface area (Å²) >= 11 is 10.7. The molecule has 2 aromatic rings. The second-order valence-electron chi connectivity index (χ2n) is 3.70. The molecule has 0 amide bonds. The first-order valence-electron chi connectivity index (χ1n) is 5.18. The molecule has 0 aliphatic rings. The van der Waals surface area contributed by atoms with Crippen LogP contribution in [0.5, 0.6) is 0 Å². The Balaban J connectivity index is 2.18. The van der Waals surface area contributed by atoms with Gasteiger partial charge >= 0.3 is 0 Å². The molecule has 2 nitrogen and oxygen atoms in total. The molecule has 3 N–H and O–H groups in total. The summed E-state index contributed by atoms with van der Waals surface area (Å²) in [6, 6.07) is 13.9. The van der Waals surface area contributed by atoms with E-state index in [9.17, 15) is 0 Å². The number of nitrogens with two attached hydrogens (primary N) is 1. The highest BCUT2D eigenvalue weighted by Crippen LogP contribution is 2.25. The van der Waals surface area contributed by atoms with E-state index in [1.807, 2.05) is 36.4 Å². The zero-order chi connectivity index (χ0) is 13.1. The SMILES string of the molecule is NC(=S)c1ccc(Nc2ccc(Br)c(I)c2)cc1. The average molecular weight is 433 g/mol. The fraction of sp³-hybridized carbons (Fsp3) is 0. The molecule has 0 bridgehead atoms. The first-order chi connectivity index (χ1) is 8.56. The number of hydrogen-bond acceptors (Lipinski definition) is 2. The highest BCUT2D eigenvalue weighted by molar-refractivity contribution is 14.1. The summed E-state index contributed by atoms with van der Waals surface area (Å²) in [4.78, 5) is 0.416. The van der Waals surface area contributed by atoms with Gasteiger partial charge < -0.3 is 11.1 Å². The van der Waals surface area contributed by atoms with Crippen LogP contribution < -0.4 is 11.1 Å². The Morgan fingerprint density at radius 3 is 2.28 bits per heavy atom. The van der Waals surface area contributed by atoms with Crippen LogP contribution in [0.25, 0.3) is 0 Å². The molecule has 0 heterocycles. The van der Waals surface area contributed by atoms with E-state index < -0.39 is 0 Å². The molecule has 92 valence electrons. The number of rotatable bonds is 3. The van der Waals surface area contributed by atoms with Crippen molar-refractivity contribution >= 4 is 67.1 Å². The van der Waals surface area contributed by atoms with Crippen molar-refractivity contribution in [1.82, 2.24) is 0 Å². The molecule has 0 unspecified atom stereocenters. The maximum atomic E-state index is 5.56. The van der Waals surface area contributed by atoms with Crippen molar-refractivity contribution in [2.24, 2.45) is 5.73 Å². The van der Waals surface area contributed by atoms with Gasteiger partial charge in [-0.3, -0.25) is 0 Å². The Kier molecular flexibility index (Phi) is 4.58. The molecular formula is C13H10BrIN2S. The van der Waals surface area contributed by atoms with Crippen molar-refractivity contribution in [2.45, 2.75) is 0 Å². The monoisotopic (exact) mass is 432 g/mol. The van der Waals surface area contributed by atoms with Crippen LogP contribution in [0.15, 0.2) is 46.9 Å². The molecule has 2 aromatic carbocycles. The Hall–Kier alpha value is -0.660. The molecule has 0 aliphatic carbocycles. The third kappa shape index (κ3) is 3.43. The highest BCUT2D eigenvalue weighted by Gasteiger charge is 2.00. The largest absolute Gasteiger partial charge is 0.389 e. The van der Waals surface area contributed by atoms with Crippen LogP contribution in [0.2, 0.25) is 0 Å². The molecule has 0 fully saturated rings. The minimum absolute atomic E-state index is 0.416. The van der Waals surface area contributed by atoms with Crippen LogP contribution >= 0.6 is 50.7 Å². The second-order valence-corrected chi connectivity index (χ2v) is 6.15. The van der Waals surface area contributed by atoms with Gasteiger partial charge in [-0.1, -0.05) is 12.2 Å². The third-order valence-electron chi connectivity index (χ3n) is 2.38. The van der Waals surface area contributed by atoms with E-state index in [0.717, 1.165) is 25.0 Å². The summed E-state index contributed by atoms with van der Waals surface area (Å²) in [6.45, 7) is 0. The summed E-state index contributed by atoms with van der Waals surface area (Å²) in [5.74, 6) is 0. The zero-order valence-corrected chi connectivity index (χ0v) is 13.8. The van der Waals surface area contributed by atoms with Crippen LogP contribution in [-0.2, 0) is 0 Å². The molecule has 0 spiro atoms. The van der Waals surface area contributed by atoms with Crippen LogP contribution in [-0.4, -0.2) is 4.99 Å². The van der Waals surface area contributed by atoms with E-state index in [-0.39, 0.29) is 0 Å². The van der Waals surface area contributed by atoms with Crippen LogP contribution in [0, 0.1) is 3.57 Å².